The van der Waals surface area contributed by atoms with E-state index in [0.29, 0.717) is 25.7 Å². The predicted octanol–water partition coefficient (Wildman–Crippen LogP) is 4.36. The van der Waals surface area contributed by atoms with E-state index in [1.807, 2.05) is 31.4 Å². The highest BCUT2D eigenvalue weighted by Crippen LogP contribution is 2.49. The Hall–Kier alpha value is -1.87. The Balaban J connectivity index is 1.57. The van der Waals surface area contributed by atoms with E-state index in [0.717, 1.165) is 36.4 Å². The number of carbonyl (C=O) groups excluding carboxylic acids is 2. The molecule has 7 nitrogen and oxygen atoms in total. The second-order valence-electron chi connectivity index (χ2n) is 11.6. The lowest BCUT2D eigenvalue weighted by Crippen LogP contribution is -2.54. The molecule has 3 N–H and O–H groups in total. The molecular weight excluding hydrogens is 488 g/mol. The zero-order valence-electron chi connectivity index (χ0n) is 22.3. The molecule has 37 heavy (non-hydrogen) atoms. The molecular formula is C29H42N2O5S. The molecule has 1 aliphatic carbocycles. The van der Waals surface area contributed by atoms with Gasteiger partial charge in [-0.25, -0.2) is 4.98 Å². The number of allylic oxidation sites excluding steroid dienone is 1. The van der Waals surface area contributed by atoms with Gasteiger partial charge in [0, 0.05) is 17.7 Å². The van der Waals surface area contributed by atoms with Crippen molar-refractivity contribution in [2.24, 2.45) is 17.3 Å². The molecule has 0 radical (unpaired) electrons. The molecule has 1 aromatic rings. The maximum atomic E-state index is 13.8. The van der Waals surface area contributed by atoms with Gasteiger partial charge in [0.15, 0.2) is 0 Å². The summed E-state index contributed by atoms with van der Waals surface area (Å²) in [6, 6.07) is -0.274. The number of aliphatic hydroxyl groups is 2. The lowest BCUT2D eigenvalue weighted by molar-refractivity contribution is -0.155. The smallest absolute Gasteiger partial charge is 0.223 e. The monoisotopic (exact) mass is 530 g/mol. The van der Waals surface area contributed by atoms with Crippen LogP contribution in [0.25, 0.3) is 6.08 Å². The normalized spacial score (nSPS) is 37.1. The van der Waals surface area contributed by atoms with Crippen molar-refractivity contribution in [3.63, 3.8) is 0 Å². The van der Waals surface area contributed by atoms with Crippen LogP contribution in [0, 0.1) is 24.2 Å². The molecule has 8 heteroatoms. The number of rotatable bonds is 4. The van der Waals surface area contributed by atoms with Gasteiger partial charge in [-0.3, -0.25) is 9.59 Å². The highest BCUT2D eigenvalue weighted by Gasteiger charge is 2.54. The van der Waals surface area contributed by atoms with Crippen molar-refractivity contribution in [1.29, 1.82) is 0 Å². The number of hydrogen-bond acceptors (Lipinski definition) is 7. The number of amides is 1. The van der Waals surface area contributed by atoms with Crippen molar-refractivity contribution in [2.75, 3.05) is 0 Å². The minimum Gasteiger partial charge on any atom is -0.392 e. The van der Waals surface area contributed by atoms with E-state index in [4.69, 9.17) is 4.74 Å². The minimum absolute atomic E-state index is 0.0192. The van der Waals surface area contributed by atoms with E-state index in [2.05, 4.69) is 23.8 Å². The van der Waals surface area contributed by atoms with Gasteiger partial charge in [-0.05, 0) is 57.9 Å². The quantitative estimate of drug-likeness (QED) is 0.394. The molecule has 1 aromatic heterocycles. The molecule has 204 valence electrons. The molecule has 3 heterocycles. The lowest BCUT2D eigenvalue weighted by Gasteiger charge is -2.46. The number of fused-ring (bicyclic) bond motifs is 1. The van der Waals surface area contributed by atoms with Gasteiger partial charge in [-0.2, -0.15) is 0 Å². The molecule has 3 fully saturated rings. The number of ketones is 1. The molecule has 4 rings (SSSR count). The van der Waals surface area contributed by atoms with E-state index in [-0.39, 0.29) is 41.8 Å². The second-order valence-corrected chi connectivity index (χ2v) is 12.6. The van der Waals surface area contributed by atoms with Gasteiger partial charge in [0.2, 0.25) is 5.91 Å². The summed E-state index contributed by atoms with van der Waals surface area (Å²) in [6.45, 7) is 9.85. The van der Waals surface area contributed by atoms with Gasteiger partial charge >= 0.3 is 0 Å². The highest BCUT2D eigenvalue weighted by atomic mass is 32.1. The molecule has 1 spiro atoms. The van der Waals surface area contributed by atoms with Crippen molar-refractivity contribution in [3.8, 4) is 0 Å². The van der Waals surface area contributed by atoms with Crippen LogP contribution >= 0.6 is 11.3 Å². The van der Waals surface area contributed by atoms with Crippen LogP contribution in [0.15, 0.2) is 24.1 Å². The molecule has 7 atom stereocenters. The van der Waals surface area contributed by atoms with E-state index < -0.39 is 23.5 Å². The van der Waals surface area contributed by atoms with Crippen LogP contribution in [0.5, 0.6) is 0 Å². The number of epoxide rings is 1. The molecule has 1 amide bonds. The summed E-state index contributed by atoms with van der Waals surface area (Å²) in [5.74, 6) is -1.12. The van der Waals surface area contributed by atoms with Crippen LogP contribution in [0.4, 0.5) is 0 Å². The minimum atomic E-state index is -1.09. The number of ether oxygens (including phenoxy) is 1. The fourth-order valence-electron chi connectivity index (χ4n) is 6.13. The fraction of sp³-hybridized carbons (Fsp3) is 0.690. The van der Waals surface area contributed by atoms with Crippen molar-refractivity contribution < 1.29 is 24.5 Å². The van der Waals surface area contributed by atoms with E-state index in [1.165, 1.54) is 0 Å². The van der Waals surface area contributed by atoms with E-state index in [9.17, 15) is 19.8 Å². The molecule has 1 saturated carbocycles. The third-order valence-electron chi connectivity index (χ3n) is 8.82. The highest BCUT2D eigenvalue weighted by molar-refractivity contribution is 7.09. The molecule has 0 bridgehead atoms. The van der Waals surface area contributed by atoms with Crippen LogP contribution in [-0.4, -0.2) is 56.8 Å². The largest absolute Gasteiger partial charge is 0.392 e. The number of nitrogens with one attached hydrogen (secondary N) is 1. The van der Waals surface area contributed by atoms with E-state index >= 15 is 0 Å². The average Bonchev–Trinajstić information content (AvgIpc) is 3.23. The number of hydrogen-bond donors (Lipinski definition) is 3. The Bertz CT molecular complexity index is 1020. The number of Topliss-reactive ketones (excluding diaryl/α,β-unsaturated/α-hetero) is 1. The Morgan fingerprint density at radius 2 is 2.03 bits per heavy atom. The van der Waals surface area contributed by atoms with Crippen molar-refractivity contribution in [2.45, 2.75) is 109 Å². The third kappa shape index (κ3) is 6.24. The summed E-state index contributed by atoms with van der Waals surface area (Å²) in [5, 5.41) is 28.4. The van der Waals surface area contributed by atoms with Crippen LogP contribution in [0.1, 0.15) is 82.3 Å². The van der Waals surface area contributed by atoms with Gasteiger partial charge in [0.05, 0.1) is 52.5 Å². The Morgan fingerprint density at radius 3 is 2.65 bits per heavy atom. The van der Waals surface area contributed by atoms with Gasteiger partial charge in [0.1, 0.15) is 5.78 Å². The average molecular weight is 531 g/mol. The zero-order valence-corrected chi connectivity index (χ0v) is 23.1. The standard InChI is InChI=1S/C29H42N2O5S/c1-5-8-22-26(34)18(2)9-6-12-28(4)24(36-28)15-20(10-11-21-17-37-19(3)30-21)31-25(33)16-23(32)29(27(22)35)13-7-14-29/h5,10-11,17-18,20,22-24,26,32,34H,1,6-9,12-16H2,2-4H3,(H,31,33)/b11-10+. The summed E-state index contributed by atoms with van der Waals surface area (Å²) in [4.78, 5) is 31.4. The van der Waals surface area contributed by atoms with Gasteiger partial charge in [-0.1, -0.05) is 31.9 Å². The summed E-state index contributed by atoms with van der Waals surface area (Å²) in [7, 11) is 0. The zero-order chi connectivity index (χ0) is 26.8. The molecule has 0 aromatic carbocycles. The molecule has 2 saturated heterocycles. The van der Waals surface area contributed by atoms with Gasteiger partial charge < -0.3 is 20.3 Å². The van der Waals surface area contributed by atoms with Gasteiger partial charge in [-0.15, -0.1) is 17.9 Å². The van der Waals surface area contributed by atoms with Crippen LogP contribution in [0.3, 0.4) is 0 Å². The third-order valence-corrected chi connectivity index (χ3v) is 9.62. The first kappa shape index (κ1) is 28.1. The van der Waals surface area contributed by atoms with Crippen LogP contribution < -0.4 is 5.32 Å². The number of aromatic nitrogens is 1. The van der Waals surface area contributed by atoms with E-state index in [1.54, 1.807) is 17.4 Å². The topological polar surface area (TPSA) is 112 Å². The van der Waals surface area contributed by atoms with Crippen LogP contribution in [0.2, 0.25) is 0 Å². The first-order valence-electron chi connectivity index (χ1n) is 13.7. The molecule has 3 aliphatic rings. The second kappa shape index (κ2) is 11.5. The van der Waals surface area contributed by atoms with Crippen molar-refractivity contribution >= 4 is 29.1 Å². The first-order chi connectivity index (χ1) is 17.6. The fourth-order valence-corrected chi connectivity index (χ4v) is 6.71. The Labute approximate surface area is 224 Å². The Kier molecular flexibility index (Phi) is 8.73. The molecule has 2 aliphatic heterocycles. The Morgan fingerprint density at radius 1 is 1.27 bits per heavy atom. The number of aliphatic hydroxyl groups excluding tert-OH is 2. The summed E-state index contributed by atoms with van der Waals surface area (Å²) < 4.78 is 6.09. The summed E-state index contributed by atoms with van der Waals surface area (Å²) in [5.41, 5.74) is -0.394. The first-order valence-corrected chi connectivity index (χ1v) is 14.5. The lowest BCUT2D eigenvalue weighted by atomic mass is 9.58. The maximum Gasteiger partial charge on any atom is 0.223 e. The summed E-state index contributed by atoms with van der Waals surface area (Å²) >= 11 is 1.58. The van der Waals surface area contributed by atoms with Crippen LogP contribution in [-0.2, 0) is 14.3 Å². The van der Waals surface area contributed by atoms with Crippen molar-refractivity contribution in [1.82, 2.24) is 10.3 Å². The number of aryl methyl sites for hydroxylation is 1. The van der Waals surface area contributed by atoms with Crippen molar-refractivity contribution in [3.05, 3.63) is 34.8 Å². The maximum absolute atomic E-state index is 13.8. The molecule has 7 unspecified atom stereocenters. The van der Waals surface area contributed by atoms with Gasteiger partial charge in [0.25, 0.3) is 0 Å². The SMILES string of the molecule is C=CCC1C(=O)C2(CCC2)C(O)CC(=O)NC(/C=C/c2csc(C)n2)CC2OC2(C)CCCC(C)C1O. The number of thiazole rings is 1. The predicted molar refractivity (Wildman–Crippen MR) is 145 cm³/mol. The number of nitrogens with zero attached hydrogens (tertiary/aromatic N) is 1. The summed E-state index contributed by atoms with van der Waals surface area (Å²) in [6.07, 6.45) is 8.90. The number of carbonyl (C=O) groups is 2.